The van der Waals surface area contributed by atoms with Gasteiger partial charge in [0.2, 0.25) is 0 Å². The van der Waals surface area contributed by atoms with Crippen molar-refractivity contribution >= 4 is 29.9 Å². The molecule has 1 N–H and O–H groups in total. The number of nitrogens with zero attached hydrogens (tertiary/aromatic N) is 3. The highest BCUT2D eigenvalue weighted by Gasteiger charge is 2.42. The van der Waals surface area contributed by atoms with E-state index < -0.39 is 0 Å². The normalized spacial score (nSPS) is 18.1. The van der Waals surface area contributed by atoms with Crippen LogP contribution in [0.25, 0.3) is 0 Å². The molecule has 8 heteroatoms. The molecule has 32 heavy (non-hydrogen) atoms. The molecule has 1 saturated carbocycles. The quantitative estimate of drug-likeness (QED) is 0.193. The zero-order chi connectivity index (χ0) is 22.1. The number of hydrogen-bond acceptors (Lipinski definition) is 5. The molecule has 2 fully saturated rings. The van der Waals surface area contributed by atoms with Crippen LogP contribution in [0.3, 0.4) is 0 Å². The Morgan fingerprint density at radius 3 is 2.44 bits per heavy atom. The van der Waals surface area contributed by atoms with Crippen molar-refractivity contribution in [3.05, 3.63) is 23.8 Å². The lowest BCUT2D eigenvalue weighted by Gasteiger charge is -2.37. The van der Waals surface area contributed by atoms with Crippen LogP contribution in [0.2, 0.25) is 0 Å². The highest BCUT2D eigenvalue weighted by Crippen LogP contribution is 2.49. The number of halogens is 1. The Balaban J connectivity index is 0.00000363. The van der Waals surface area contributed by atoms with Crippen LogP contribution in [-0.4, -0.2) is 82.5 Å². The fourth-order valence-electron chi connectivity index (χ4n) is 4.13. The third-order valence-electron chi connectivity index (χ3n) is 6.39. The third kappa shape index (κ3) is 7.66. The lowest BCUT2D eigenvalue weighted by Crippen LogP contribution is -2.52. The number of benzene rings is 1. The summed E-state index contributed by atoms with van der Waals surface area (Å²) in [6.07, 6.45) is 3.68. The van der Waals surface area contributed by atoms with E-state index in [1.807, 2.05) is 12.1 Å². The maximum absolute atomic E-state index is 5.57. The van der Waals surface area contributed by atoms with Crippen LogP contribution in [0.15, 0.2) is 23.2 Å². The van der Waals surface area contributed by atoms with E-state index >= 15 is 0 Å². The minimum absolute atomic E-state index is 0. The number of guanidine groups is 1. The number of rotatable bonds is 11. The Hall–Kier alpha value is -1.26. The predicted molar refractivity (Wildman–Crippen MR) is 141 cm³/mol. The second-order valence-electron chi connectivity index (χ2n) is 8.56. The van der Waals surface area contributed by atoms with Crippen LogP contribution < -0.4 is 14.8 Å². The molecular weight excluding hydrogens is 519 g/mol. The lowest BCUT2D eigenvalue weighted by molar-refractivity contribution is 0.129. The van der Waals surface area contributed by atoms with Gasteiger partial charge in [-0.1, -0.05) is 0 Å². The van der Waals surface area contributed by atoms with Crippen LogP contribution in [0, 0.1) is 5.41 Å². The summed E-state index contributed by atoms with van der Waals surface area (Å²) in [4.78, 5) is 9.91. The Labute approximate surface area is 210 Å². The fourth-order valence-corrected chi connectivity index (χ4v) is 4.13. The maximum atomic E-state index is 5.57. The molecule has 1 aliphatic carbocycles. The van der Waals surface area contributed by atoms with Crippen molar-refractivity contribution in [1.29, 1.82) is 0 Å². The molecule has 0 radical (unpaired) electrons. The Morgan fingerprint density at radius 2 is 1.84 bits per heavy atom. The van der Waals surface area contributed by atoms with Crippen molar-refractivity contribution in [3.8, 4) is 11.5 Å². The smallest absolute Gasteiger partial charge is 0.194 e. The van der Waals surface area contributed by atoms with Crippen LogP contribution in [0.1, 0.15) is 38.7 Å². The van der Waals surface area contributed by atoms with Crippen molar-refractivity contribution in [2.24, 2.45) is 10.4 Å². The number of methoxy groups -OCH3 is 2. The van der Waals surface area contributed by atoms with E-state index in [9.17, 15) is 0 Å². The van der Waals surface area contributed by atoms with E-state index in [4.69, 9.17) is 19.2 Å². The third-order valence-corrected chi connectivity index (χ3v) is 6.39. The zero-order valence-electron chi connectivity index (χ0n) is 20.2. The molecule has 0 bridgehead atoms. The van der Waals surface area contributed by atoms with Gasteiger partial charge in [-0.3, -0.25) is 9.89 Å². The van der Waals surface area contributed by atoms with Crippen molar-refractivity contribution in [1.82, 2.24) is 15.1 Å². The summed E-state index contributed by atoms with van der Waals surface area (Å²) < 4.78 is 16.5. The van der Waals surface area contributed by atoms with Gasteiger partial charge in [0.25, 0.3) is 0 Å². The van der Waals surface area contributed by atoms with Gasteiger partial charge in [-0.15, -0.1) is 24.0 Å². The predicted octanol–water partition coefficient (Wildman–Crippen LogP) is 3.61. The van der Waals surface area contributed by atoms with Gasteiger partial charge >= 0.3 is 0 Å². The van der Waals surface area contributed by atoms with Gasteiger partial charge in [0.1, 0.15) is 11.5 Å². The van der Waals surface area contributed by atoms with Gasteiger partial charge in [-0.05, 0) is 56.7 Å². The molecule has 0 amide bonds. The highest BCUT2D eigenvalue weighted by atomic mass is 127. The van der Waals surface area contributed by atoms with Crippen LogP contribution in [-0.2, 0) is 11.3 Å². The van der Waals surface area contributed by atoms with E-state index in [0.717, 1.165) is 82.9 Å². The Morgan fingerprint density at radius 1 is 1.09 bits per heavy atom. The van der Waals surface area contributed by atoms with E-state index in [2.05, 4.69) is 35.0 Å². The summed E-state index contributed by atoms with van der Waals surface area (Å²) in [5.41, 5.74) is 1.54. The molecule has 1 aromatic carbocycles. The molecule has 0 unspecified atom stereocenters. The molecule has 182 valence electrons. The first kappa shape index (κ1) is 27.0. The summed E-state index contributed by atoms with van der Waals surface area (Å²) >= 11 is 0. The second kappa shape index (κ2) is 13.4. The fraction of sp³-hybridized carbons (Fsp3) is 0.708. The van der Waals surface area contributed by atoms with Gasteiger partial charge in [-0.2, -0.15) is 0 Å². The van der Waals surface area contributed by atoms with Crippen LogP contribution >= 0.6 is 24.0 Å². The molecule has 1 heterocycles. The van der Waals surface area contributed by atoms with E-state index in [-0.39, 0.29) is 24.0 Å². The van der Waals surface area contributed by atoms with Gasteiger partial charge in [0.15, 0.2) is 5.96 Å². The summed E-state index contributed by atoms with van der Waals surface area (Å²) in [5, 5.41) is 3.51. The molecule has 0 atom stereocenters. The molecule has 0 spiro atoms. The number of nitrogens with one attached hydrogen (secondary N) is 1. The molecule has 7 nitrogen and oxygen atoms in total. The summed E-state index contributed by atoms with van der Waals surface area (Å²) in [6, 6.07) is 6.01. The number of hydrogen-bond donors (Lipinski definition) is 1. The maximum Gasteiger partial charge on any atom is 0.194 e. The molecule has 3 rings (SSSR count). The standard InChI is InChI=1S/C24H40N4O3.HI/c1-5-25-23(26-19-24(9-10-24)11-16-31-6-2)28-14-12-27(13-15-28)18-20-17-21(29-3)7-8-22(20)30-4;/h7-8,17H,5-6,9-16,18-19H2,1-4H3,(H,25,26);1H. The van der Waals surface area contributed by atoms with Crippen molar-refractivity contribution in [2.75, 3.05) is 66.7 Å². The molecule has 1 aromatic rings. The molecule has 2 aliphatic rings. The van der Waals surface area contributed by atoms with E-state index in [1.54, 1.807) is 14.2 Å². The molecule has 1 aliphatic heterocycles. The number of ether oxygens (including phenoxy) is 3. The van der Waals surface area contributed by atoms with Crippen molar-refractivity contribution in [2.45, 2.75) is 39.7 Å². The monoisotopic (exact) mass is 560 g/mol. The van der Waals surface area contributed by atoms with Gasteiger partial charge < -0.3 is 24.4 Å². The first-order chi connectivity index (χ1) is 15.1. The Bertz CT molecular complexity index is 719. The number of aliphatic imine (C=N–C) groups is 1. The summed E-state index contributed by atoms with van der Waals surface area (Å²) in [6.45, 7) is 12.5. The number of piperazine rings is 1. The van der Waals surface area contributed by atoms with Crippen molar-refractivity contribution in [3.63, 3.8) is 0 Å². The van der Waals surface area contributed by atoms with Gasteiger partial charge in [0, 0.05) is 64.6 Å². The van der Waals surface area contributed by atoms with Crippen LogP contribution in [0.4, 0.5) is 0 Å². The molecule has 1 saturated heterocycles. The average Bonchev–Trinajstić information content (AvgIpc) is 3.57. The lowest BCUT2D eigenvalue weighted by atomic mass is 10.0. The van der Waals surface area contributed by atoms with Gasteiger partial charge in [-0.25, -0.2) is 0 Å². The summed E-state index contributed by atoms with van der Waals surface area (Å²) in [7, 11) is 3.43. The Kier molecular flexibility index (Phi) is 11.3. The zero-order valence-corrected chi connectivity index (χ0v) is 22.5. The minimum Gasteiger partial charge on any atom is -0.497 e. The average molecular weight is 561 g/mol. The van der Waals surface area contributed by atoms with Crippen LogP contribution in [0.5, 0.6) is 11.5 Å². The highest BCUT2D eigenvalue weighted by molar-refractivity contribution is 14.0. The van der Waals surface area contributed by atoms with Crippen molar-refractivity contribution < 1.29 is 14.2 Å². The first-order valence-electron chi connectivity index (χ1n) is 11.7. The van der Waals surface area contributed by atoms with E-state index in [1.165, 1.54) is 18.4 Å². The second-order valence-corrected chi connectivity index (χ2v) is 8.56. The summed E-state index contributed by atoms with van der Waals surface area (Å²) in [5.74, 6) is 2.85. The molecule has 0 aromatic heterocycles. The topological polar surface area (TPSA) is 58.6 Å². The van der Waals surface area contributed by atoms with E-state index in [0.29, 0.717) is 5.41 Å². The van der Waals surface area contributed by atoms with Gasteiger partial charge in [0.05, 0.1) is 14.2 Å². The largest absolute Gasteiger partial charge is 0.497 e. The first-order valence-corrected chi connectivity index (χ1v) is 11.7. The molecular formula is C24H41IN4O3. The SMILES string of the molecule is CCNC(=NCC1(CCOCC)CC1)N1CCN(Cc2cc(OC)ccc2OC)CC1.I. The minimum atomic E-state index is 0.